The summed E-state index contributed by atoms with van der Waals surface area (Å²) in [5, 5.41) is 12.7. The number of nitrogens with zero attached hydrogens (tertiary/aromatic N) is 5. The Morgan fingerprint density at radius 2 is 1.87 bits per heavy atom. The number of ether oxygens (including phenoxy) is 1. The first-order chi connectivity index (χ1) is 15.2. The van der Waals surface area contributed by atoms with E-state index in [1.54, 1.807) is 10.7 Å². The minimum atomic E-state index is 0.359. The van der Waals surface area contributed by atoms with Crippen molar-refractivity contribution < 1.29 is 9.15 Å². The molecule has 0 saturated carbocycles. The van der Waals surface area contributed by atoms with Crippen LogP contribution in [-0.4, -0.2) is 24.8 Å². The Hall–Kier alpha value is -3.97. The maximum atomic E-state index is 5.99. The van der Waals surface area contributed by atoms with Gasteiger partial charge < -0.3 is 9.15 Å². The van der Waals surface area contributed by atoms with E-state index >= 15 is 0 Å². The van der Waals surface area contributed by atoms with Gasteiger partial charge in [-0.25, -0.2) is 9.50 Å². The van der Waals surface area contributed by atoms with Gasteiger partial charge >= 0.3 is 0 Å². The maximum Gasteiger partial charge on any atom is 0.248 e. The number of aromatic nitrogens is 5. The number of hydrogen-bond acceptors (Lipinski definition) is 6. The molecular formula is C23H16ClN5O2. The first-order valence-corrected chi connectivity index (χ1v) is 9.89. The summed E-state index contributed by atoms with van der Waals surface area (Å²) in [4.78, 5) is 4.51. The molecule has 8 heteroatoms. The molecule has 7 nitrogen and oxygen atoms in total. The van der Waals surface area contributed by atoms with Crippen LogP contribution in [0.25, 0.3) is 17.3 Å². The SMILES string of the molecule is Clc1ccc(C=C(c2ccc(OCc3ccn4nccc4n3)cc2)c2nnco2)cc1. The van der Waals surface area contributed by atoms with Gasteiger partial charge in [0.25, 0.3) is 0 Å². The Balaban J connectivity index is 1.36. The highest BCUT2D eigenvalue weighted by Gasteiger charge is 2.11. The summed E-state index contributed by atoms with van der Waals surface area (Å²) in [6, 6.07) is 19.0. The number of benzene rings is 2. The van der Waals surface area contributed by atoms with Crippen LogP contribution in [0.3, 0.4) is 0 Å². The molecule has 5 rings (SSSR count). The zero-order valence-electron chi connectivity index (χ0n) is 16.2. The van der Waals surface area contributed by atoms with Gasteiger partial charge in [-0.3, -0.25) is 0 Å². The lowest BCUT2D eigenvalue weighted by molar-refractivity contribution is 0.301. The molecule has 0 bridgehead atoms. The van der Waals surface area contributed by atoms with Gasteiger partial charge in [0.1, 0.15) is 12.4 Å². The highest BCUT2D eigenvalue weighted by Crippen LogP contribution is 2.27. The van der Waals surface area contributed by atoms with Crippen LogP contribution in [0.1, 0.15) is 22.7 Å². The largest absolute Gasteiger partial charge is 0.487 e. The zero-order chi connectivity index (χ0) is 21.0. The van der Waals surface area contributed by atoms with Crippen LogP contribution >= 0.6 is 11.6 Å². The molecule has 0 amide bonds. The first kappa shape index (κ1) is 19.0. The minimum Gasteiger partial charge on any atom is -0.487 e. The van der Waals surface area contributed by atoms with Crippen molar-refractivity contribution in [3.63, 3.8) is 0 Å². The number of fused-ring (bicyclic) bond motifs is 1. The van der Waals surface area contributed by atoms with Gasteiger partial charge in [-0.05, 0) is 47.5 Å². The molecule has 3 heterocycles. The van der Waals surface area contributed by atoms with Crippen LogP contribution in [0.5, 0.6) is 5.75 Å². The third-order valence-corrected chi connectivity index (χ3v) is 4.89. The molecule has 0 N–H and O–H groups in total. The lowest BCUT2D eigenvalue weighted by Gasteiger charge is -2.08. The van der Waals surface area contributed by atoms with Gasteiger partial charge in [0.2, 0.25) is 12.3 Å². The van der Waals surface area contributed by atoms with E-state index in [1.165, 1.54) is 6.39 Å². The quantitative estimate of drug-likeness (QED) is 0.356. The van der Waals surface area contributed by atoms with Gasteiger partial charge in [0.05, 0.1) is 11.9 Å². The average molecular weight is 430 g/mol. The van der Waals surface area contributed by atoms with Gasteiger partial charge in [-0.2, -0.15) is 5.10 Å². The van der Waals surface area contributed by atoms with E-state index < -0.39 is 0 Å². The summed E-state index contributed by atoms with van der Waals surface area (Å²) in [6.45, 7) is 0.359. The van der Waals surface area contributed by atoms with Crippen LogP contribution in [0.15, 0.2) is 83.9 Å². The number of hydrogen-bond donors (Lipinski definition) is 0. The number of rotatable bonds is 6. The molecule has 2 aromatic carbocycles. The van der Waals surface area contributed by atoms with Crippen LogP contribution in [-0.2, 0) is 6.61 Å². The summed E-state index contributed by atoms with van der Waals surface area (Å²) in [7, 11) is 0. The van der Waals surface area contributed by atoms with Crippen molar-refractivity contribution in [1.82, 2.24) is 24.8 Å². The molecule has 0 spiro atoms. The molecule has 5 aromatic rings. The zero-order valence-corrected chi connectivity index (χ0v) is 17.0. The van der Waals surface area contributed by atoms with Gasteiger partial charge in [-0.15, -0.1) is 10.2 Å². The lowest BCUT2D eigenvalue weighted by Crippen LogP contribution is -2.00. The smallest absolute Gasteiger partial charge is 0.248 e. The van der Waals surface area contributed by atoms with Crippen LogP contribution in [0, 0.1) is 0 Å². The van der Waals surface area contributed by atoms with Crippen molar-refractivity contribution in [3.8, 4) is 5.75 Å². The molecule has 3 aromatic heterocycles. The van der Waals surface area contributed by atoms with E-state index in [0.717, 1.165) is 33.8 Å². The molecule has 31 heavy (non-hydrogen) atoms. The Kier molecular flexibility index (Phi) is 5.16. The third kappa shape index (κ3) is 4.31. The summed E-state index contributed by atoms with van der Waals surface area (Å²) in [6.07, 6.45) is 6.86. The Morgan fingerprint density at radius 1 is 1.03 bits per heavy atom. The molecular weight excluding hydrogens is 414 g/mol. The van der Waals surface area contributed by atoms with E-state index in [9.17, 15) is 0 Å². The lowest BCUT2D eigenvalue weighted by atomic mass is 10.0. The van der Waals surface area contributed by atoms with Crippen molar-refractivity contribution in [2.75, 3.05) is 0 Å². The van der Waals surface area contributed by atoms with Crippen molar-refractivity contribution >= 4 is 28.9 Å². The van der Waals surface area contributed by atoms with Gasteiger partial charge in [-0.1, -0.05) is 35.9 Å². The fourth-order valence-electron chi connectivity index (χ4n) is 3.10. The molecule has 0 radical (unpaired) electrons. The highest BCUT2D eigenvalue weighted by molar-refractivity contribution is 6.30. The molecule has 0 unspecified atom stereocenters. The van der Waals surface area contributed by atoms with Gasteiger partial charge in [0.15, 0.2) is 5.65 Å². The maximum absolute atomic E-state index is 5.99. The summed E-state index contributed by atoms with van der Waals surface area (Å²) < 4.78 is 13.1. The molecule has 0 aliphatic heterocycles. The highest BCUT2D eigenvalue weighted by atomic mass is 35.5. The van der Waals surface area contributed by atoms with Crippen LogP contribution < -0.4 is 4.74 Å². The van der Waals surface area contributed by atoms with E-state index in [4.69, 9.17) is 20.8 Å². The second kappa shape index (κ2) is 8.41. The third-order valence-electron chi connectivity index (χ3n) is 4.64. The molecule has 0 saturated heterocycles. The Bertz CT molecular complexity index is 1330. The van der Waals surface area contributed by atoms with Crippen molar-refractivity contribution in [3.05, 3.63) is 107 Å². The second-order valence-electron chi connectivity index (χ2n) is 6.72. The van der Waals surface area contributed by atoms with Crippen molar-refractivity contribution in [2.24, 2.45) is 0 Å². The van der Waals surface area contributed by atoms with Crippen molar-refractivity contribution in [2.45, 2.75) is 6.61 Å². The normalized spacial score (nSPS) is 11.7. The average Bonchev–Trinajstić information content (AvgIpc) is 3.49. The van der Waals surface area contributed by atoms with Gasteiger partial charge in [0, 0.05) is 22.9 Å². The number of halogens is 1. The monoisotopic (exact) mass is 429 g/mol. The predicted octanol–water partition coefficient (Wildman–Crippen LogP) is 4.93. The minimum absolute atomic E-state index is 0.359. The van der Waals surface area contributed by atoms with Crippen LogP contribution in [0.2, 0.25) is 5.02 Å². The molecule has 0 aliphatic rings. The van der Waals surface area contributed by atoms with E-state index in [0.29, 0.717) is 17.5 Å². The predicted molar refractivity (Wildman–Crippen MR) is 116 cm³/mol. The first-order valence-electron chi connectivity index (χ1n) is 9.51. The summed E-state index contributed by atoms with van der Waals surface area (Å²) in [5.41, 5.74) is 4.31. The molecule has 0 atom stereocenters. The Morgan fingerprint density at radius 3 is 2.65 bits per heavy atom. The van der Waals surface area contributed by atoms with E-state index in [1.807, 2.05) is 72.9 Å². The summed E-state index contributed by atoms with van der Waals surface area (Å²) >= 11 is 5.99. The topological polar surface area (TPSA) is 78.3 Å². The fraction of sp³-hybridized carbons (Fsp3) is 0.0435. The fourth-order valence-corrected chi connectivity index (χ4v) is 3.23. The van der Waals surface area contributed by atoms with E-state index in [2.05, 4.69) is 20.3 Å². The second-order valence-corrected chi connectivity index (χ2v) is 7.16. The molecule has 0 aliphatic carbocycles. The van der Waals surface area contributed by atoms with Crippen LogP contribution in [0.4, 0.5) is 0 Å². The standard InChI is InChI=1S/C23H16ClN5O2/c24-18-5-1-16(2-6-18)13-21(23-28-25-15-31-23)17-3-7-20(8-4-17)30-14-19-10-12-29-22(27-19)9-11-26-29/h1-13,15H,14H2. The Labute approximate surface area is 182 Å². The molecule has 0 fully saturated rings. The van der Waals surface area contributed by atoms with Crippen molar-refractivity contribution in [1.29, 1.82) is 0 Å². The summed E-state index contributed by atoms with van der Waals surface area (Å²) in [5.74, 6) is 1.16. The molecule has 152 valence electrons. The van der Waals surface area contributed by atoms with E-state index in [-0.39, 0.29) is 0 Å².